The summed E-state index contributed by atoms with van der Waals surface area (Å²) in [7, 11) is 0. The molecule has 3 N–H and O–H groups in total. The van der Waals surface area contributed by atoms with Crippen molar-refractivity contribution in [2.24, 2.45) is 4.99 Å². The number of guanidine groups is 1. The molecule has 1 aromatic heterocycles. The van der Waals surface area contributed by atoms with Crippen molar-refractivity contribution >= 4 is 16.9 Å². The van der Waals surface area contributed by atoms with E-state index in [2.05, 4.69) is 27.5 Å². The SMILES string of the molecule is CCNC(=NCCCCOCC)NCCc1c[nH]c2ccc(F)cc12. The van der Waals surface area contributed by atoms with Crippen LogP contribution in [0.5, 0.6) is 0 Å². The van der Waals surface area contributed by atoms with Crippen LogP contribution in [-0.4, -0.2) is 43.8 Å². The van der Waals surface area contributed by atoms with Gasteiger partial charge in [-0.15, -0.1) is 0 Å². The maximum atomic E-state index is 13.4. The molecule has 0 atom stereocenters. The summed E-state index contributed by atoms with van der Waals surface area (Å²) in [6, 6.07) is 4.83. The molecule has 1 aromatic carbocycles. The summed E-state index contributed by atoms with van der Waals surface area (Å²) >= 11 is 0. The van der Waals surface area contributed by atoms with Crippen molar-refractivity contribution in [2.45, 2.75) is 33.1 Å². The van der Waals surface area contributed by atoms with E-state index in [4.69, 9.17) is 4.74 Å². The van der Waals surface area contributed by atoms with Crippen LogP contribution in [0.3, 0.4) is 0 Å². The molecule has 0 unspecified atom stereocenters. The summed E-state index contributed by atoms with van der Waals surface area (Å²) in [6.45, 7) is 7.97. The molecule has 0 amide bonds. The Bertz CT molecular complexity index is 668. The second-order valence-corrected chi connectivity index (χ2v) is 5.85. The van der Waals surface area contributed by atoms with Gasteiger partial charge in [-0.25, -0.2) is 4.39 Å². The summed E-state index contributed by atoms with van der Waals surface area (Å²) in [6.07, 6.45) is 4.79. The normalized spacial score (nSPS) is 11.9. The van der Waals surface area contributed by atoms with Crippen LogP contribution in [0.25, 0.3) is 10.9 Å². The van der Waals surface area contributed by atoms with E-state index in [1.165, 1.54) is 6.07 Å². The lowest BCUT2D eigenvalue weighted by Crippen LogP contribution is -2.38. The molecule has 5 nitrogen and oxygen atoms in total. The third-order valence-electron chi connectivity index (χ3n) is 3.93. The van der Waals surface area contributed by atoms with Crippen LogP contribution in [0.2, 0.25) is 0 Å². The molecule has 6 heteroatoms. The van der Waals surface area contributed by atoms with Gasteiger partial charge in [0.15, 0.2) is 5.96 Å². The van der Waals surface area contributed by atoms with Gasteiger partial charge in [0.2, 0.25) is 0 Å². The van der Waals surface area contributed by atoms with Crippen molar-refractivity contribution in [3.8, 4) is 0 Å². The van der Waals surface area contributed by atoms with Crippen LogP contribution in [0.4, 0.5) is 4.39 Å². The fourth-order valence-electron chi connectivity index (χ4n) is 2.67. The van der Waals surface area contributed by atoms with Crippen molar-refractivity contribution in [3.05, 3.63) is 35.8 Å². The van der Waals surface area contributed by atoms with Crippen molar-refractivity contribution in [1.82, 2.24) is 15.6 Å². The highest BCUT2D eigenvalue weighted by atomic mass is 19.1. The van der Waals surface area contributed by atoms with E-state index in [1.54, 1.807) is 12.1 Å². The Morgan fingerprint density at radius 2 is 2.12 bits per heavy atom. The monoisotopic (exact) mass is 348 g/mol. The summed E-state index contributed by atoms with van der Waals surface area (Å²) < 4.78 is 18.8. The fourth-order valence-corrected chi connectivity index (χ4v) is 2.67. The van der Waals surface area contributed by atoms with Gasteiger partial charge in [-0.1, -0.05) is 0 Å². The minimum atomic E-state index is -0.205. The number of unbranched alkanes of at least 4 members (excludes halogenated alkanes) is 1. The standard InChI is InChI=1S/C19H29FN4O/c1-3-21-19(22-10-5-6-12-25-4-2)23-11-9-15-14-24-18-8-7-16(20)13-17(15)18/h7-8,13-14,24H,3-6,9-12H2,1-2H3,(H2,21,22,23). The van der Waals surface area contributed by atoms with Gasteiger partial charge in [0.1, 0.15) is 5.82 Å². The molecule has 0 fully saturated rings. The Morgan fingerprint density at radius 3 is 2.92 bits per heavy atom. The Balaban J connectivity index is 1.80. The maximum Gasteiger partial charge on any atom is 0.191 e. The van der Waals surface area contributed by atoms with Gasteiger partial charge in [0.05, 0.1) is 0 Å². The van der Waals surface area contributed by atoms with Crippen LogP contribution in [0.15, 0.2) is 29.4 Å². The first-order chi connectivity index (χ1) is 12.2. The van der Waals surface area contributed by atoms with E-state index in [1.807, 2.05) is 13.1 Å². The number of aromatic nitrogens is 1. The average Bonchev–Trinajstić information content (AvgIpc) is 3.00. The van der Waals surface area contributed by atoms with Gasteiger partial charge >= 0.3 is 0 Å². The quantitative estimate of drug-likeness (QED) is 0.351. The molecule has 138 valence electrons. The van der Waals surface area contributed by atoms with Gasteiger partial charge in [-0.2, -0.15) is 0 Å². The third-order valence-corrected chi connectivity index (χ3v) is 3.93. The second kappa shape index (κ2) is 10.7. The Hall–Kier alpha value is -2.08. The van der Waals surface area contributed by atoms with E-state index in [0.29, 0.717) is 0 Å². The predicted molar refractivity (Wildman–Crippen MR) is 102 cm³/mol. The highest BCUT2D eigenvalue weighted by Crippen LogP contribution is 2.19. The minimum absolute atomic E-state index is 0.205. The van der Waals surface area contributed by atoms with E-state index >= 15 is 0 Å². The molecule has 2 aromatic rings. The van der Waals surface area contributed by atoms with E-state index in [9.17, 15) is 4.39 Å². The molecule has 0 bridgehead atoms. The van der Waals surface area contributed by atoms with Crippen LogP contribution >= 0.6 is 0 Å². The van der Waals surface area contributed by atoms with Gasteiger partial charge in [0.25, 0.3) is 0 Å². The zero-order valence-electron chi connectivity index (χ0n) is 15.2. The molecule has 0 saturated carbocycles. The molecular weight excluding hydrogens is 319 g/mol. The lowest BCUT2D eigenvalue weighted by Gasteiger charge is -2.11. The molecule has 0 spiro atoms. The first-order valence-electron chi connectivity index (χ1n) is 9.10. The van der Waals surface area contributed by atoms with Crippen LogP contribution < -0.4 is 10.6 Å². The number of fused-ring (bicyclic) bond motifs is 1. The molecule has 0 saturated heterocycles. The summed E-state index contributed by atoms with van der Waals surface area (Å²) in [5.74, 6) is 0.619. The van der Waals surface area contributed by atoms with Crippen LogP contribution in [-0.2, 0) is 11.2 Å². The molecule has 25 heavy (non-hydrogen) atoms. The first kappa shape index (κ1) is 19.2. The highest BCUT2D eigenvalue weighted by molar-refractivity contribution is 5.83. The average molecular weight is 348 g/mol. The number of halogens is 1. The Morgan fingerprint density at radius 1 is 1.24 bits per heavy atom. The van der Waals surface area contributed by atoms with Crippen molar-refractivity contribution < 1.29 is 9.13 Å². The largest absolute Gasteiger partial charge is 0.382 e. The number of nitrogens with zero attached hydrogens (tertiary/aromatic N) is 1. The summed E-state index contributed by atoms with van der Waals surface area (Å²) in [5.41, 5.74) is 2.07. The summed E-state index contributed by atoms with van der Waals surface area (Å²) in [4.78, 5) is 7.76. The number of aromatic amines is 1. The number of rotatable bonds is 10. The third kappa shape index (κ3) is 6.38. The number of aliphatic imine (C=N–C) groups is 1. The molecule has 0 aliphatic rings. The zero-order valence-corrected chi connectivity index (χ0v) is 15.2. The van der Waals surface area contributed by atoms with Gasteiger partial charge in [0, 0.05) is 49.9 Å². The van der Waals surface area contributed by atoms with E-state index < -0.39 is 0 Å². The van der Waals surface area contributed by atoms with Gasteiger partial charge in [-0.05, 0) is 56.9 Å². The lowest BCUT2D eigenvalue weighted by molar-refractivity contribution is 0.144. The van der Waals surface area contributed by atoms with Crippen molar-refractivity contribution in [3.63, 3.8) is 0 Å². The molecule has 0 aliphatic heterocycles. The smallest absolute Gasteiger partial charge is 0.191 e. The predicted octanol–water partition coefficient (Wildman–Crippen LogP) is 3.22. The van der Waals surface area contributed by atoms with Crippen molar-refractivity contribution in [1.29, 1.82) is 0 Å². The zero-order chi connectivity index (χ0) is 17.9. The van der Waals surface area contributed by atoms with Crippen LogP contribution in [0.1, 0.15) is 32.3 Å². The Kier molecular flexibility index (Phi) is 8.25. The molecule has 0 radical (unpaired) electrons. The number of hydrogen-bond donors (Lipinski definition) is 3. The number of nitrogens with one attached hydrogen (secondary N) is 3. The van der Waals surface area contributed by atoms with E-state index in [0.717, 1.165) is 74.5 Å². The lowest BCUT2D eigenvalue weighted by atomic mass is 10.1. The topological polar surface area (TPSA) is 61.4 Å². The first-order valence-corrected chi connectivity index (χ1v) is 9.10. The van der Waals surface area contributed by atoms with E-state index in [-0.39, 0.29) is 5.82 Å². The minimum Gasteiger partial charge on any atom is -0.382 e. The highest BCUT2D eigenvalue weighted by Gasteiger charge is 2.05. The van der Waals surface area contributed by atoms with Gasteiger partial charge in [-0.3, -0.25) is 4.99 Å². The molecule has 1 heterocycles. The van der Waals surface area contributed by atoms with Crippen LogP contribution in [0, 0.1) is 5.82 Å². The molecular formula is C19H29FN4O. The molecule has 2 rings (SSSR count). The maximum absolute atomic E-state index is 13.4. The van der Waals surface area contributed by atoms with Crippen molar-refractivity contribution in [2.75, 3.05) is 32.8 Å². The number of benzene rings is 1. The second-order valence-electron chi connectivity index (χ2n) is 5.85. The number of H-pyrrole nitrogens is 1. The summed E-state index contributed by atoms with van der Waals surface area (Å²) in [5, 5.41) is 7.54. The Labute approximate surface area is 149 Å². The number of ether oxygens (including phenoxy) is 1. The number of hydrogen-bond acceptors (Lipinski definition) is 2. The fraction of sp³-hybridized carbons (Fsp3) is 0.526. The molecule has 0 aliphatic carbocycles. The van der Waals surface area contributed by atoms with Gasteiger partial charge < -0.3 is 20.4 Å².